The molecule has 110 valence electrons. The summed E-state index contributed by atoms with van der Waals surface area (Å²) in [5.74, 6) is -0.149. The second-order valence-electron chi connectivity index (χ2n) is 5.17. The van der Waals surface area contributed by atoms with E-state index in [9.17, 15) is 13.2 Å². The van der Waals surface area contributed by atoms with Crippen LogP contribution in [0.2, 0.25) is 0 Å². The first-order chi connectivity index (χ1) is 9.44. The summed E-state index contributed by atoms with van der Waals surface area (Å²) in [6.07, 6.45) is 2.26. The molecule has 20 heavy (non-hydrogen) atoms. The molecule has 2 rings (SSSR count). The minimum Gasteiger partial charge on any atom is -0.347 e. The quantitative estimate of drug-likeness (QED) is 0.845. The summed E-state index contributed by atoms with van der Waals surface area (Å²) in [6.45, 7) is 0.404. The van der Waals surface area contributed by atoms with Crippen molar-refractivity contribution in [2.75, 3.05) is 20.6 Å². The van der Waals surface area contributed by atoms with E-state index in [0.29, 0.717) is 13.0 Å². The van der Waals surface area contributed by atoms with Gasteiger partial charge in [-0.05, 0) is 25.0 Å². The van der Waals surface area contributed by atoms with Gasteiger partial charge in [0.05, 0.1) is 4.90 Å². The first-order valence-corrected chi connectivity index (χ1v) is 8.16. The van der Waals surface area contributed by atoms with Crippen LogP contribution in [0, 0.1) is 0 Å². The highest BCUT2D eigenvalue weighted by Crippen LogP contribution is 2.26. The standard InChI is InChI=1S/C14H20N2O3S/c1-15(2)14(17)13-10-6-7-11-16(13)20(18,19)12-8-4-3-5-9-12/h3-5,8-9,13H,6-7,10-11H2,1-2H3. The number of sulfonamides is 1. The molecule has 0 saturated carbocycles. The van der Waals surface area contributed by atoms with Crippen LogP contribution in [0.3, 0.4) is 0 Å². The number of hydrogen-bond acceptors (Lipinski definition) is 3. The van der Waals surface area contributed by atoms with Crippen molar-refractivity contribution >= 4 is 15.9 Å². The number of nitrogens with zero attached hydrogens (tertiary/aromatic N) is 2. The fraction of sp³-hybridized carbons (Fsp3) is 0.500. The number of likely N-dealkylation sites (N-methyl/N-ethyl adjacent to an activating group) is 1. The van der Waals surface area contributed by atoms with Crippen LogP contribution in [-0.4, -0.2) is 50.2 Å². The Morgan fingerprint density at radius 3 is 2.45 bits per heavy atom. The third-order valence-corrected chi connectivity index (χ3v) is 5.45. The second-order valence-corrected chi connectivity index (χ2v) is 7.06. The van der Waals surface area contributed by atoms with Gasteiger partial charge in [-0.1, -0.05) is 24.6 Å². The summed E-state index contributed by atoms with van der Waals surface area (Å²) in [7, 11) is -0.290. The smallest absolute Gasteiger partial charge is 0.243 e. The number of carbonyl (C=O) groups is 1. The Bertz CT molecular complexity index is 569. The lowest BCUT2D eigenvalue weighted by atomic mass is 10.0. The molecular formula is C14H20N2O3S. The molecule has 1 heterocycles. The van der Waals surface area contributed by atoms with Crippen LogP contribution in [0.1, 0.15) is 19.3 Å². The van der Waals surface area contributed by atoms with Gasteiger partial charge >= 0.3 is 0 Å². The van der Waals surface area contributed by atoms with Gasteiger partial charge in [0, 0.05) is 20.6 Å². The summed E-state index contributed by atoms with van der Waals surface area (Å²) in [5.41, 5.74) is 0. The molecule has 1 aliphatic rings. The van der Waals surface area contributed by atoms with Gasteiger partial charge < -0.3 is 4.90 Å². The zero-order valence-electron chi connectivity index (χ0n) is 11.8. The van der Waals surface area contributed by atoms with Crippen molar-refractivity contribution in [1.82, 2.24) is 9.21 Å². The lowest BCUT2D eigenvalue weighted by Crippen LogP contribution is -2.51. The van der Waals surface area contributed by atoms with E-state index in [4.69, 9.17) is 0 Å². The summed E-state index contributed by atoms with van der Waals surface area (Å²) >= 11 is 0. The summed E-state index contributed by atoms with van der Waals surface area (Å²) < 4.78 is 26.7. The van der Waals surface area contributed by atoms with Gasteiger partial charge in [-0.25, -0.2) is 8.42 Å². The average Bonchev–Trinajstić information content (AvgIpc) is 2.47. The number of rotatable bonds is 3. The molecule has 0 aliphatic carbocycles. The molecule has 1 atom stereocenters. The Morgan fingerprint density at radius 2 is 1.85 bits per heavy atom. The lowest BCUT2D eigenvalue weighted by molar-refractivity contribution is -0.133. The van der Waals surface area contributed by atoms with E-state index in [2.05, 4.69) is 0 Å². The molecule has 1 unspecified atom stereocenters. The molecule has 0 radical (unpaired) electrons. The number of carbonyl (C=O) groups excluding carboxylic acids is 1. The number of benzene rings is 1. The molecule has 0 aromatic heterocycles. The highest BCUT2D eigenvalue weighted by atomic mass is 32.2. The molecule has 5 nitrogen and oxygen atoms in total. The van der Waals surface area contributed by atoms with Crippen LogP contribution in [0.25, 0.3) is 0 Å². The molecule has 1 saturated heterocycles. The van der Waals surface area contributed by atoms with E-state index in [1.165, 1.54) is 9.21 Å². The van der Waals surface area contributed by atoms with Gasteiger partial charge in [-0.15, -0.1) is 0 Å². The largest absolute Gasteiger partial charge is 0.347 e. The van der Waals surface area contributed by atoms with E-state index in [-0.39, 0.29) is 10.8 Å². The van der Waals surface area contributed by atoms with Crippen LogP contribution in [0.5, 0.6) is 0 Å². The summed E-state index contributed by atoms with van der Waals surface area (Å²) in [5, 5.41) is 0. The van der Waals surface area contributed by atoms with Crippen molar-refractivity contribution in [2.45, 2.75) is 30.2 Å². The maximum Gasteiger partial charge on any atom is 0.243 e. The zero-order chi connectivity index (χ0) is 14.8. The Labute approximate surface area is 120 Å². The van der Waals surface area contributed by atoms with Crippen molar-refractivity contribution in [3.05, 3.63) is 30.3 Å². The van der Waals surface area contributed by atoms with Crippen LogP contribution in [-0.2, 0) is 14.8 Å². The van der Waals surface area contributed by atoms with Crippen LogP contribution < -0.4 is 0 Å². The monoisotopic (exact) mass is 296 g/mol. The first kappa shape index (κ1) is 15.0. The summed E-state index contributed by atoms with van der Waals surface area (Å²) in [4.78, 5) is 13.9. The topological polar surface area (TPSA) is 57.7 Å². The molecule has 6 heteroatoms. The van der Waals surface area contributed by atoms with E-state index >= 15 is 0 Å². The van der Waals surface area contributed by atoms with Gasteiger partial charge in [0.2, 0.25) is 15.9 Å². The zero-order valence-corrected chi connectivity index (χ0v) is 12.6. The van der Waals surface area contributed by atoms with Gasteiger partial charge in [0.1, 0.15) is 6.04 Å². The third-order valence-electron chi connectivity index (χ3n) is 3.53. The molecular weight excluding hydrogens is 276 g/mol. The SMILES string of the molecule is CN(C)C(=O)C1CCCCN1S(=O)(=O)c1ccccc1. The Kier molecular flexibility index (Phi) is 4.45. The molecule has 1 aliphatic heterocycles. The molecule has 0 bridgehead atoms. The molecule has 1 amide bonds. The highest BCUT2D eigenvalue weighted by molar-refractivity contribution is 7.89. The minimum absolute atomic E-state index is 0.149. The fourth-order valence-corrected chi connectivity index (χ4v) is 4.14. The van der Waals surface area contributed by atoms with E-state index in [0.717, 1.165) is 12.8 Å². The highest BCUT2D eigenvalue weighted by Gasteiger charge is 2.38. The Hall–Kier alpha value is -1.40. The van der Waals surface area contributed by atoms with Crippen molar-refractivity contribution in [1.29, 1.82) is 0 Å². The fourth-order valence-electron chi connectivity index (χ4n) is 2.47. The maximum absolute atomic E-state index is 12.7. The van der Waals surface area contributed by atoms with Gasteiger partial charge in [0.25, 0.3) is 0 Å². The Balaban J connectivity index is 2.35. The number of piperidine rings is 1. The maximum atomic E-state index is 12.7. The predicted molar refractivity (Wildman–Crippen MR) is 76.7 cm³/mol. The molecule has 1 aromatic carbocycles. The van der Waals surface area contributed by atoms with Crippen LogP contribution >= 0.6 is 0 Å². The molecule has 1 fully saturated rings. The van der Waals surface area contributed by atoms with Crippen molar-refractivity contribution in [3.63, 3.8) is 0 Å². The van der Waals surface area contributed by atoms with E-state index in [1.807, 2.05) is 0 Å². The molecule has 0 spiro atoms. The van der Waals surface area contributed by atoms with Crippen molar-refractivity contribution in [2.24, 2.45) is 0 Å². The predicted octanol–water partition coefficient (Wildman–Crippen LogP) is 1.32. The number of hydrogen-bond donors (Lipinski definition) is 0. The van der Waals surface area contributed by atoms with Crippen molar-refractivity contribution < 1.29 is 13.2 Å². The number of amides is 1. The van der Waals surface area contributed by atoms with Crippen LogP contribution in [0.4, 0.5) is 0 Å². The lowest BCUT2D eigenvalue weighted by Gasteiger charge is -2.35. The van der Waals surface area contributed by atoms with Gasteiger partial charge in [0.15, 0.2) is 0 Å². The van der Waals surface area contributed by atoms with Gasteiger partial charge in [-0.3, -0.25) is 4.79 Å². The second kappa shape index (κ2) is 5.93. The normalized spacial score (nSPS) is 20.6. The van der Waals surface area contributed by atoms with Gasteiger partial charge in [-0.2, -0.15) is 4.31 Å². The molecule has 0 N–H and O–H groups in total. The first-order valence-electron chi connectivity index (χ1n) is 6.72. The average molecular weight is 296 g/mol. The molecule has 1 aromatic rings. The minimum atomic E-state index is -3.60. The Morgan fingerprint density at radius 1 is 1.20 bits per heavy atom. The van der Waals surface area contributed by atoms with E-state index < -0.39 is 16.1 Å². The van der Waals surface area contributed by atoms with Crippen molar-refractivity contribution in [3.8, 4) is 0 Å². The van der Waals surface area contributed by atoms with E-state index in [1.54, 1.807) is 44.4 Å². The summed E-state index contributed by atoms with van der Waals surface area (Å²) in [6, 6.07) is 7.73. The third kappa shape index (κ3) is 2.86. The van der Waals surface area contributed by atoms with Crippen LogP contribution in [0.15, 0.2) is 35.2 Å².